The second-order valence-electron chi connectivity index (χ2n) is 5.37. The van der Waals surface area contributed by atoms with Gasteiger partial charge in [-0.25, -0.2) is 0 Å². The van der Waals surface area contributed by atoms with Crippen molar-refractivity contribution in [3.63, 3.8) is 0 Å². The van der Waals surface area contributed by atoms with Crippen molar-refractivity contribution in [2.45, 2.75) is 65.0 Å². The molecule has 1 heterocycles. The minimum atomic E-state index is 0.166. The molecule has 1 aliphatic rings. The average molecular weight is 235 g/mol. The van der Waals surface area contributed by atoms with Gasteiger partial charge in [-0.05, 0) is 32.3 Å². The molecule has 3 heteroatoms. The van der Waals surface area contributed by atoms with Gasteiger partial charge in [0, 0.05) is 12.6 Å². The van der Waals surface area contributed by atoms with Gasteiger partial charge in [-0.2, -0.15) is 5.10 Å². The van der Waals surface area contributed by atoms with Gasteiger partial charge in [0.15, 0.2) is 0 Å². The predicted molar refractivity (Wildman–Crippen MR) is 70.8 cm³/mol. The zero-order valence-electron chi connectivity index (χ0n) is 11.2. The van der Waals surface area contributed by atoms with E-state index in [0.717, 1.165) is 24.6 Å². The van der Waals surface area contributed by atoms with Crippen molar-refractivity contribution in [2.24, 2.45) is 11.7 Å². The van der Waals surface area contributed by atoms with Gasteiger partial charge in [0.25, 0.3) is 0 Å². The maximum absolute atomic E-state index is 6.35. The van der Waals surface area contributed by atoms with Crippen LogP contribution in [0.1, 0.15) is 62.9 Å². The highest BCUT2D eigenvalue weighted by molar-refractivity contribution is 5.13. The molecule has 96 valence electrons. The lowest BCUT2D eigenvalue weighted by Gasteiger charge is -2.24. The van der Waals surface area contributed by atoms with Crippen LogP contribution in [0.3, 0.4) is 0 Å². The van der Waals surface area contributed by atoms with Gasteiger partial charge < -0.3 is 5.73 Å². The quantitative estimate of drug-likeness (QED) is 0.871. The predicted octanol–water partition coefficient (Wildman–Crippen LogP) is 3.18. The van der Waals surface area contributed by atoms with Gasteiger partial charge in [0.2, 0.25) is 0 Å². The molecule has 1 unspecified atom stereocenters. The lowest BCUT2D eigenvalue weighted by atomic mass is 9.84. The molecule has 2 rings (SSSR count). The summed E-state index contributed by atoms with van der Waals surface area (Å²) in [6.45, 7) is 5.09. The number of aromatic nitrogens is 2. The molecular weight excluding hydrogens is 210 g/mol. The number of nitrogens with two attached hydrogens (primary N) is 1. The van der Waals surface area contributed by atoms with Crippen LogP contribution in [0.5, 0.6) is 0 Å². The maximum Gasteiger partial charge on any atom is 0.0597 e. The summed E-state index contributed by atoms with van der Waals surface area (Å²) in [5, 5.41) is 4.48. The molecule has 1 aliphatic carbocycles. The normalized spacial score (nSPS) is 19.5. The number of nitrogens with zero attached hydrogens (tertiary/aromatic N) is 2. The molecule has 0 bridgehead atoms. The summed E-state index contributed by atoms with van der Waals surface area (Å²) < 4.78 is 2.06. The molecule has 1 fully saturated rings. The van der Waals surface area contributed by atoms with Gasteiger partial charge in [0.05, 0.1) is 11.4 Å². The Labute approximate surface area is 104 Å². The highest BCUT2D eigenvalue weighted by atomic mass is 15.3. The fraction of sp³-hybridized carbons (Fsp3) is 0.786. The van der Waals surface area contributed by atoms with Gasteiger partial charge in [-0.3, -0.25) is 4.68 Å². The third-order valence-corrected chi connectivity index (χ3v) is 3.92. The lowest BCUT2D eigenvalue weighted by Crippen LogP contribution is -2.20. The highest BCUT2D eigenvalue weighted by Crippen LogP contribution is 2.30. The smallest absolute Gasteiger partial charge is 0.0597 e. The molecule has 0 saturated heterocycles. The fourth-order valence-electron chi connectivity index (χ4n) is 3.02. The summed E-state index contributed by atoms with van der Waals surface area (Å²) >= 11 is 0. The summed E-state index contributed by atoms with van der Waals surface area (Å²) in [6, 6.07) is 2.32. The molecule has 0 aromatic carbocycles. The van der Waals surface area contributed by atoms with E-state index in [-0.39, 0.29) is 6.04 Å². The second kappa shape index (κ2) is 5.67. The Hall–Kier alpha value is -0.830. The van der Waals surface area contributed by atoms with Gasteiger partial charge in [-0.15, -0.1) is 0 Å². The minimum Gasteiger partial charge on any atom is -0.323 e. The van der Waals surface area contributed by atoms with Crippen LogP contribution in [0.2, 0.25) is 0 Å². The van der Waals surface area contributed by atoms with Crippen molar-refractivity contribution in [1.82, 2.24) is 9.78 Å². The van der Waals surface area contributed by atoms with Crippen LogP contribution in [0.15, 0.2) is 6.07 Å². The van der Waals surface area contributed by atoms with Crippen molar-refractivity contribution >= 4 is 0 Å². The van der Waals surface area contributed by atoms with Crippen molar-refractivity contribution in [3.05, 3.63) is 17.5 Å². The minimum absolute atomic E-state index is 0.166. The van der Waals surface area contributed by atoms with Crippen LogP contribution in [-0.4, -0.2) is 9.78 Å². The molecule has 0 radical (unpaired) electrons. The van der Waals surface area contributed by atoms with Crippen molar-refractivity contribution in [1.29, 1.82) is 0 Å². The Morgan fingerprint density at radius 1 is 1.41 bits per heavy atom. The first-order valence-electron chi connectivity index (χ1n) is 7.00. The van der Waals surface area contributed by atoms with E-state index in [0.29, 0.717) is 0 Å². The molecule has 3 nitrogen and oxygen atoms in total. The van der Waals surface area contributed by atoms with Gasteiger partial charge in [-0.1, -0.05) is 32.1 Å². The summed E-state index contributed by atoms with van der Waals surface area (Å²) in [5.74, 6) is 0.833. The number of rotatable bonds is 4. The lowest BCUT2D eigenvalue weighted by molar-refractivity contribution is 0.314. The topological polar surface area (TPSA) is 43.8 Å². The SMILES string of the molecule is CCn1nc(C)cc1C(N)CC1CCCCC1. The largest absolute Gasteiger partial charge is 0.323 e. The van der Waals surface area contributed by atoms with E-state index in [2.05, 4.69) is 22.8 Å². The van der Waals surface area contributed by atoms with E-state index >= 15 is 0 Å². The molecule has 0 aliphatic heterocycles. The third kappa shape index (κ3) is 3.09. The zero-order chi connectivity index (χ0) is 12.3. The highest BCUT2D eigenvalue weighted by Gasteiger charge is 2.20. The van der Waals surface area contributed by atoms with Gasteiger partial charge in [0.1, 0.15) is 0 Å². The maximum atomic E-state index is 6.35. The van der Waals surface area contributed by atoms with E-state index in [1.54, 1.807) is 0 Å². The van der Waals surface area contributed by atoms with E-state index in [9.17, 15) is 0 Å². The van der Waals surface area contributed by atoms with E-state index in [1.165, 1.54) is 37.8 Å². The Morgan fingerprint density at radius 3 is 2.76 bits per heavy atom. The van der Waals surface area contributed by atoms with Crippen LogP contribution < -0.4 is 5.73 Å². The van der Waals surface area contributed by atoms with Crippen LogP contribution in [0.25, 0.3) is 0 Å². The molecule has 1 aromatic heterocycles. The fourth-order valence-corrected chi connectivity index (χ4v) is 3.02. The Morgan fingerprint density at radius 2 is 2.12 bits per heavy atom. The zero-order valence-corrected chi connectivity index (χ0v) is 11.2. The summed E-state index contributed by atoms with van der Waals surface area (Å²) in [6.07, 6.45) is 8.07. The third-order valence-electron chi connectivity index (χ3n) is 3.92. The summed E-state index contributed by atoms with van der Waals surface area (Å²) in [4.78, 5) is 0. The van der Waals surface area contributed by atoms with E-state index in [4.69, 9.17) is 5.73 Å². The molecular formula is C14H25N3. The Bertz CT molecular complexity index is 350. The van der Waals surface area contributed by atoms with Crippen LogP contribution >= 0.6 is 0 Å². The van der Waals surface area contributed by atoms with Crippen LogP contribution in [0.4, 0.5) is 0 Å². The van der Waals surface area contributed by atoms with Crippen molar-refractivity contribution in [3.8, 4) is 0 Å². The van der Waals surface area contributed by atoms with E-state index in [1.807, 2.05) is 6.92 Å². The van der Waals surface area contributed by atoms with E-state index < -0.39 is 0 Å². The van der Waals surface area contributed by atoms with Gasteiger partial charge >= 0.3 is 0 Å². The molecule has 2 N–H and O–H groups in total. The standard InChI is InChI=1S/C14H25N3/c1-3-17-14(9-11(2)16-17)13(15)10-12-7-5-4-6-8-12/h9,12-13H,3-8,10,15H2,1-2H3. The first kappa shape index (κ1) is 12.6. The monoisotopic (exact) mass is 235 g/mol. The number of hydrogen-bond acceptors (Lipinski definition) is 2. The number of hydrogen-bond donors (Lipinski definition) is 1. The number of aryl methyl sites for hydroxylation is 2. The second-order valence-corrected chi connectivity index (χ2v) is 5.37. The molecule has 0 amide bonds. The molecule has 1 atom stereocenters. The molecule has 0 spiro atoms. The van der Waals surface area contributed by atoms with Crippen LogP contribution in [0, 0.1) is 12.8 Å². The van der Waals surface area contributed by atoms with Crippen LogP contribution in [-0.2, 0) is 6.54 Å². The summed E-state index contributed by atoms with van der Waals surface area (Å²) in [7, 11) is 0. The first-order chi connectivity index (χ1) is 8.20. The van der Waals surface area contributed by atoms with Crippen molar-refractivity contribution < 1.29 is 0 Å². The first-order valence-corrected chi connectivity index (χ1v) is 7.00. The molecule has 17 heavy (non-hydrogen) atoms. The average Bonchev–Trinajstić information content (AvgIpc) is 2.72. The Balaban J connectivity index is 2.00. The Kier molecular flexibility index (Phi) is 4.21. The molecule has 1 aromatic rings. The van der Waals surface area contributed by atoms with Crippen molar-refractivity contribution in [2.75, 3.05) is 0 Å². The molecule has 1 saturated carbocycles. The summed E-state index contributed by atoms with van der Waals surface area (Å²) in [5.41, 5.74) is 8.66.